The van der Waals surface area contributed by atoms with Crippen molar-refractivity contribution in [2.75, 3.05) is 19.3 Å². The number of benzene rings is 1. The number of anilines is 1. The fraction of sp³-hybridized carbons (Fsp3) is 0.308. The number of nitrogens with zero attached hydrogens (tertiary/aromatic N) is 1. The average Bonchev–Trinajstić information content (AvgIpc) is 2.71. The summed E-state index contributed by atoms with van der Waals surface area (Å²) in [4.78, 5) is 13.5. The predicted molar refractivity (Wildman–Crippen MR) is 78.9 cm³/mol. The third kappa shape index (κ3) is 3.59. The van der Waals surface area contributed by atoms with Crippen molar-refractivity contribution in [2.24, 2.45) is 0 Å². The monoisotopic (exact) mass is 336 g/mol. The smallest absolute Gasteiger partial charge is 0.390 e. The Balaban J connectivity index is 2.25. The molecule has 0 aliphatic heterocycles. The van der Waals surface area contributed by atoms with Gasteiger partial charge in [-0.05, 0) is 18.2 Å². The van der Waals surface area contributed by atoms with Crippen LogP contribution in [0.3, 0.4) is 0 Å². The Hall–Kier alpha value is -1.47. The van der Waals surface area contributed by atoms with Gasteiger partial charge >= 0.3 is 6.18 Å². The van der Waals surface area contributed by atoms with Crippen molar-refractivity contribution in [3.05, 3.63) is 28.1 Å². The first-order chi connectivity index (χ1) is 9.69. The summed E-state index contributed by atoms with van der Waals surface area (Å²) < 4.78 is 37.4. The fourth-order valence-electron chi connectivity index (χ4n) is 1.82. The van der Waals surface area contributed by atoms with Gasteiger partial charge < -0.3 is 10.6 Å². The molecule has 0 atom stereocenters. The van der Waals surface area contributed by atoms with E-state index in [4.69, 9.17) is 17.3 Å². The minimum absolute atomic E-state index is 0.233. The number of halogens is 4. The second kappa shape index (κ2) is 5.73. The summed E-state index contributed by atoms with van der Waals surface area (Å²) >= 11 is 7.02. The number of nitrogens with two attached hydrogens (primary N) is 1. The van der Waals surface area contributed by atoms with Gasteiger partial charge in [-0.1, -0.05) is 11.6 Å². The predicted octanol–water partition coefficient (Wildman–Crippen LogP) is 4.16. The summed E-state index contributed by atoms with van der Waals surface area (Å²) in [6.07, 6.45) is -5.35. The van der Waals surface area contributed by atoms with Gasteiger partial charge in [-0.15, -0.1) is 11.3 Å². The molecule has 0 aliphatic rings. The summed E-state index contributed by atoms with van der Waals surface area (Å²) in [5, 5.41) is 1.12. The zero-order chi connectivity index (χ0) is 15.8. The number of thiophene rings is 1. The highest BCUT2D eigenvalue weighted by Crippen LogP contribution is 2.36. The van der Waals surface area contributed by atoms with Crippen LogP contribution in [0.25, 0.3) is 10.1 Å². The topological polar surface area (TPSA) is 46.3 Å². The molecule has 8 heteroatoms. The Labute approximate surface area is 128 Å². The standard InChI is InChI=1S/C13H12ClF3N2OS/c1-19(5-4-13(15,16)17)12(20)11-10(18)8-6-7(14)2-3-9(8)21-11/h2-3,6H,4-5,18H2,1H3. The molecule has 2 N–H and O–H groups in total. The molecule has 0 unspecified atom stereocenters. The van der Waals surface area contributed by atoms with Crippen LogP contribution in [0.1, 0.15) is 16.1 Å². The lowest BCUT2D eigenvalue weighted by Gasteiger charge is -2.17. The number of nitrogen functional groups attached to an aromatic ring is 1. The zero-order valence-corrected chi connectivity index (χ0v) is 12.6. The summed E-state index contributed by atoms with van der Waals surface area (Å²) in [5.41, 5.74) is 6.16. The van der Waals surface area contributed by atoms with Crippen molar-refractivity contribution in [3.8, 4) is 0 Å². The normalized spacial score (nSPS) is 11.9. The number of amides is 1. The van der Waals surface area contributed by atoms with Crippen LogP contribution in [0, 0.1) is 0 Å². The van der Waals surface area contributed by atoms with Gasteiger partial charge in [-0.2, -0.15) is 13.2 Å². The Kier molecular flexibility index (Phi) is 4.34. The van der Waals surface area contributed by atoms with E-state index in [1.165, 1.54) is 7.05 Å². The highest BCUT2D eigenvalue weighted by molar-refractivity contribution is 7.21. The summed E-state index contributed by atoms with van der Waals surface area (Å²) in [6, 6.07) is 5.03. The lowest BCUT2D eigenvalue weighted by atomic mass is 10.2. The van der Waals surface area contributed by atoms with Gasteiger partial charge in [0.15, 0.2) is 0 Å². The molecule has 0 saturated heterocycles. The number of hydrogen-bond acceptors (Lipinski definition) is 3. The third-order valence-corrected chi connectivity index (χ3v) is 4.37. The summed E-state index contributed by atoms with van der Waals surface area (Å²) in [6.45, 7) is -0.406. The van der Waals surface area contributed by atoms with Crippen LogP contribution < -0.4 is 5.73 Å². The van der Waals surface area contributed by atoms with E-state index in [1.807, 2.05) is 0 Å². The molecule has 0 bridgehead atoms. The molecular weight excluding hydrogens is 325 g/mol. The van der Waals surface area contributed by atoms with Gasteiger partial charge in [0.1, 0.15) is 4.88 Å². The minimum atomic E-state index is -4.30. The van der Waals surface area contributed by atoms with E-state index < -0.39 is 25.0 Å². The van der Waals surface area contributed by atoms with Crippen molar-refractivity contribution in [2.45, 2.75) is 12.6 Å². The van der Waals surface area contributed by atoms with Crippen LogP contribution in [0.15, 0.2) is 18.2 Å². The quantitative estimate of drug-likeness (QED) is 0.914. The molecule has 2 aromatic rings. The Morgan fingerprint density at radius 3 is 2.71 bits per heavy atom. The molecule has 3 nitrogen and oxygen atoms in total. The molecular formula is C13H12ClF3N2OS. The highest BCUT2D eigenvalue weighted by Gasteiger charge is 2.29. The Morgan fingerprint density at radius 2 is 2.10 bits per heavy atom. The fourth-order valence-corrected chi connectivity index (χ4v) is 3.09. The molecule has 0 aliphatic carbocycles. The molecule has 21 heavy (non-hydrogen) atoms. The number of rotatable bonds is 3. The molecule has 1 heterocycles. The second-order valence-electron chi connectivity index (χ2n) is 4.58. The molecule has 114 valence electrons. The van der Waals surface area contributed by atoms with Crippen LogP contribution >= 0.6 is 22.9 Å². The molecule has 1 aromatic carbocycles. The maximum absolute atomic E-state index is 12.2. The average molecular weight is 337 g/mol. The Morgan fingerprint density at radius 1 is 1.43 bits per heavy atom. The summed E-state index contributed by atoms with van der Waals surface area (Å²) in [5.74, 6) is -0.519. The Bertz CT molecular complexity index is 684. The number of carbonyl (C=O) groups is 1. The minimum Gasteiger partial charge on any atom is -0.397 e. The van der Waals surface area contributed by atoms with Crippen molar-refractivity contribution >= 4 is 44.6 Å². The van der Waals surface area contributed by atoms with E-state index in [0.29, 0.717) is 10.4 Å². The molecule has 2 rings (SSSR count). The van der Waals surface area contributed by atoms with Gasteiger partial charge in [0.25, 0.3) is 5.91 Å². The second-order valence-corrected chi connectivity index (χ2v) is 6.07. The first-order valence-electron chi connectivity index (χ1n) is 5.99. The molecule has 0 fully saturated rings. The van der Waals surface area contributed by atoms with Crippen molar-refractivity contribution in [3.63, 3.8) is 0 Å². The highest BCUT2D eigenvalue weighted by atomic mass is 35.5. The number of carbonyl (C=O) groups excluding carboxylic acids is 1. The number of alkyl halides is 3. The van der Waals surface area contributed by atoms with Gasteiger partial charge in [0, 0.05) is 28.7 Å². The first-order valence-corrected chi connectivity index (χ1v) is 7.18. The van der Waals surface area contributed by atoms with Crippen molar-refractivity contribution < 1.29 is 18.0 Å². The van der Waals surface area contributed by atoms with Gasteiger partial charge in [0.2, 0.25) is 0 Å². The van der Waals surface area contributed by atoms with Crippen LogP contribution in [0.2, 0.25) is 5.02 Å². The zero-order valence-electron chi connectivity index (χ0n) is 11.0. The van der Waals surface area contributed by atoms with E-state index in [-0.39, 0.29) is 10.6 Å². The largest absolute Gasteiger partial charge is 0.397 e. The van der Waals surface area contributed by atoms with Crippen LogP contribution in [0.5, 0.6) is 0 Å². The van der Waals surface area contributed by atoms with E-state index in [1.54, 1.807) is 18.2 Å². The van der Waals surface area contributed by atoms with E-state index in [9.17, 15) is 18.0 Å². The van der Waals surface area contributed by atoms with E-state index in [2.05, 4.69) is 0 Å². The number of hydrogen-bond donors (Lipinski definition) is 1. The van der Waals surface area contributed by atoms with E-state index >= 15 is 0 Å². The molecule has 0 spiro atoms. The van der Waals surface area contributed by atoms with Crippen LogP contribution in [-0.2, 0) is 0 Å². The van der Waals surface area contributed by atoms with Crippen LogP contribution in [-0.4, -0.2) is 30.6 Å². The molecule has 0 radical (unpaired) electrons. The van der Waals surface area contributed by atoms with Crippen molar-refractivity contribution in [1.29, 1.82) is 0 Å². The van der Waals surface area contributed by atoms with Crippen molar-refractivity contribution in [1.82, 2.24) is 4.90 Å². The molecule has 1 amide bonds. The summed E-state index contributed by atoms with van der Waals surface area (Å²) in [7, 11) is 1.32. The SMILES string of the molecule is CN(CCC(F)(F)F)C(=O)c1sc2ccc(Cl)cc2c1N. The van der Waals surface area contributed by atoms with Gasteiger partial charge in [0.05, 0.1) is 12.1 Å². The molecule has 1 aromatic heterocycles. The lowest BCUT2D eigenvalue weighted by molar-refractivity contribution is -0.136. The maximum Gasteiger partial charge on any atom is 0.390 e. The lowest BCUT2D eigenvalue weighted by Crippen LogP contribution is -2.30. The maximum atomic E-state index is 12.2. The van der Waals surface area contributed by atoms with Gasteiger partial charge in [-0.3, -0.25) is 4.79 Å². The van der Waals surface area contributed by atoms with Gasteiger partial charge in [-0.25, -0.2) is 0 Å². The number of fused-ring (bicyclic) bond motifs is 1. The van der Waals surface area contributed by atoms with Crippen LogP contribution in [0.4, 0.5) is 18.9 Å². The third-order valence-electron chi connectivity index (χ3n) is 2.96. The first kappa shape index (κ1) is 15.9. The molecule has 0 saturated carbocycles. The van der Waals surface area contributed by atoms with E-state index in [0.717, 1.165) is 20.9 Å².